The molecule has 17 heavy (non-hydrogen) atoms. The second kappa shape index (κ2) is 6.24. The monoisotopic (exact) mass is 275 g/mol. The highest BCUT2D eigenvalue weighted by atomic mass is 35.5. The molecule has 1 atom stereocenters. The molecule has 0 aliphatic rings. The predicted molar refractivity (Wildman–Crippen MR) is 69.6 cm³/mol. The smallest absolute Gasteiger partial charge is 0.307 e. The van der Waals surface area contributed by atoms with Crippen LogP contribution in [0.4, 0.5) is 0 Å². The molecule has 0 bridgehead atoms. The molecule has 0 spiro atoms. The summed E-state index contributed by atoms with van der Waals surface area (Å²) in [7, 11) is 1.85. The third kappa shape index (κ3) is 4.19. The summed E-state index contributed by atoms with van der Waals surface area (Å²) in [5.74, 6) is -1.22. The number of carboxylic acid groups (broad SMARTS) is 1. The Labute approximate surface area is 111 Å². The molecule has 1 aromatic carbocycles. The topological polar surface area (TPSA) is 40.5 Å². The van der Waals surface area contributed by atoms with Gasteiger partial charge in [-0.3, -0.25) is 4.79 Å². The predicted octanol–water partition coefficient (Wildman–Crippen LogP) is 3.15. The van der Waals surface area contributed by atoms with E-state index < -0.39 is 11.9 Å². The van der Waals surface area contributed by atoms with Crippen LogP contribution in [-0.2, 0) is 11.3 Å². The minimum Gasteiger partial charge on any atom is -0.481 e. The first-order chi connectivity index (χ1) is 7.91. The van der Waals surface area contributed by atoms with E-state index in [4.69, 9.17) is 28.3 Å². The van der Waals surface area contributed by atoms with E-state index in [0.717, 1.165) is 5.56 Å². The molecule has 94 valence electrons. The van der Waals surface area contributed by atoms with Crippen molar-refractivity contribution in [1.29, 1.82) is 0 Å². The highest BCUT2D eigenvalue weighted by Gasteiger charge is 2.15. The van der Waals surface area contributed by atoms with Crippen LogP contribution in [0.3, 0.4) is 0 Å². The van der Waals surface area contributed by atoms with E-state index in [1.165, 1.54) is 0 Å². The number of carbonyl (C=O) groups is 1. The maximum Gasteiger partial charge on any atom is 0.307 e. The highest BCUT2D eigenvalue weighted by molar-refractivity contribution is 6.35. The summed E-state index contributed by atoms with van der Waals surface area (Å²) in [5.41, 5.74) is 0.830. The van der Waals surface area contributed by atoms with Crippen molar-refractivity contribution in [2.75, 3.05) is 13.6 Å². The zero-order valence-electron chi connectivity index (χ0n) is 9.78. The molecule has 0 aliphatic heterocycles. The van der Waals surface area contributed by atoms with E-state index in [9.17, 15) is 4.79 Å². The Balaban J connectivity index is 2.68. The van der Waals surface area contributed by atoms with Crippen LogP contribution in [0, 0.1) is 5.92 Å². The lowest BCUT2D eigenvalue weighted by Crippen LogP contribution is -2.28. The number of rotatable bonds is 5. The molecule has 0 radical (unpaired) electrons. The fourth-order valence-corrected chi connectivity index (χ4v) is 2.08. The summed E-state index contributed by atoms with van der Waals surface area (Å²) in [6.07, 6.45) is 0. The highest BCUT2D eigenvalue weighted by Crippen LogP contribution is 2.25. The first kappa shape index (κ1) is 14.3. The average Bonchev–Trinajstić information content (AvgIpc) is 2.23. The number of carboxylic acids is 1. The number of hydrogen-bond acceptors (Lipinski definition) is 2. The van der Waals surface area contributed by atoms with Gasteiger partial charge in [-0.15, -0.1) is 0 Å². The van der Waals surface area contributed by atoms with Crippen molar-refractivity contribution < 1.29 is 9.90 Å². The summed E-state index contributed by atoms with van der Waals surface area (Å²) < 4.78 is 0. The number of hydrogen-bond donors (Lipinski definition) is 1. The zero-order valence-corrected chi connectivity index (χ0v) is 11.3. The molecular formula is C12H15Cl2NO2. The quantitative estimate of drug-likeness (QED) is 0.898. The van der Waals surface area contributed by atoms with E-state index in [-0.39, 0.29) is 0 Å². The Morgan fingerprint density at radius 1 is 1.41 bits per heavy atom. The van der Waals surface area contributed by atoms with Crippen molar-refractivity contribution in [1.82, 2.24) is 4.90 Å². The first-order valence-corrected chi connectivity index (χ1v) is 6.01. The Hall–Kier alpha value is -0.770. The normalized spacial score (nSPS) is 12.8. The van der Waals surface area contributed by atoms with Crippen molar-refractivity contribution in [3.63, 3.8) is 0 Å². The molecule has 1 N–H and O–H groups in total. The summed E-state index contributed by atoms with van der Waals surface area (Å²) >= 11 is 12.1. The van der Waals surface area contributed by atoms with Gasteiger partial charge in [0, 0.05) is 28.7 Å². The SMILES string of the molecule is CC(CN(C)Cc1c(Cl)cccc1Cl)C(=O)O. The van der Waals surface area contributed by atoms with Crippen molar-refractivity contribution >= 4 is 29.2 Å². The van der Waals surface area contributed by atoms with Crippen molar-refractivity contribution in [3.8, 4) is 0 Å². The Kier molecular flexibility index (Phi) is 5.25. The van der Waals surface area contributed by atoms with Crippen LogP contribution in [0.15, 0.2) is 18.2 Å². The molecular weight excluding hydrogens is 261 g/mol. The van der Waals surface area contributed by atoms with Gasteiger partial charge in [0.25, 0.3) is 0 Å². The molecule has 3 nitrogen and oxygen atoms in total. The van der Waals surface area contributed by atoms with Crippen molar-refractivity contribution in [3.05, 3.63) is 33.8 Å². The van der Waals surface area contributed by atoms with Crippen LogP contribution in [0.2, 0.25) is 10.0 Å². The van der Waals surface area contributed by atoms with E-state index >= 15 is 0 Å². The molecule has 1 aromatic rings. The zero-order chi connectivity index (χ0) is 13.0. The fourth-order valence-electron chi connectivity index (χ4n) is 1.56. The average molecular weight is 276 g/mol. The fraction of sp³-hybridized carbons (Fsp3) is 0.417. The maximum atomic E-state index is 10.7. The van der Waals surface area contributed by atoms with Gasteiger partial charge in [0.1, 0.15) is 0 Å². The molecule has 0 heterocycles. The number of halogens is 2. The van der Waals surface area contributed by atoms with Crippen LogP contribution >= 0.6 is 23.2 Å². The van der Waals surface area contributed by atoms with Gasteiger partial charge in [0.05, 0.1) is 5.92 Å². The van der Waals surface area contributed by atoms with Crippen molar-refractivity contribution in [2.24, 2.45) is 5.92 Å². The Bertz CT molecular complexity index is 389. The molecule has 0 saturated heterocycles. The summed E-state index contributed by atoms with van der Waals surface area (Å²) in [6, 6.07) is 5.34. The lowest BCUT2D eigenvalue weighted by atomic mass is 10.1. The summed E-state index contributed by atoms with van der Waals surface area (Å²) in [4.78, 5) is 12.6. The van der Waals surface area contributed by atoms with Crippen LogP contribution in [0.1, 0.15) is 12.5 Å². The van der Waals surface area contributed by atoms with Gasteiger partial charge in [-0.1, -0.05) is 36.2 Å². The van der Waals surface area contributed by atoms with Gasteiger partial charge in [-0.2, -0.15) is 0 Å². The largest absolute Gasteiger partial charge is 0.481 e. The summed E-state index contributed by atoms with van der Waals surface area (Å²) in [6.45, 7) is 2.67. The van der Waals surface area contributed by atoms with E-state index in [1.807, 2.05) is 11.9 Å². The summed E-state index contributed by atoms with van der Waals surface area (Å²) in [5, 5.41) is 10.0. The lowest BCUT2D eigenvalue weighted by Gasteiger charge is -2.20. The standard InChI is InChI=1S/C12H15Cl2NO2/c1-8(12(16)17)6-15(2)7-9-10(13)4-3-5-11(9)14/h3-5,8H,6-7H2,1-2H3,(H,16,17). The molecule has 0 aliphatic carbocycles. The van der Waals surface area contributed by atoms with E-state index in [2.05, 4.69) is 0 Å². The molecule has 0 aromatic heterocycles. The second-order valence-electron chi connectivity index (χ2n) is 4.14. The Morgan fingerprint density at radius 2 is 1.94 bits per heavy atom. The van der Waals surface area contributed by atoms with Crippen molar-refractivity contribution in [2.45, 2.75) is 13.5 Å². The van der Waals surface area contributed by atoms with Crippen LogP contribution in [-0.4, -0.2) is 29.6 Å². The van der Waals surface area contributed by atoms with E-state index in [1.54, 1.807) is 25.1 Å². The molecule has 5 heteroatoms. The van der Waals surface area contributed by atoms with Crippen LogP contribution < -0.4 is 0 Å². The minimum atomic E-state index is -0.804. The minimum absolute atomic E-state index is 0.415. The second-order valence-corrected chi connectivity index (χ2v) is 4.95. The molecule has 0 amide bonds. The van der Waals surface area contributed by atoms with Gasteiger partial charge >= 0.3 is 5.97 Å². The first-order valence-electron chi connectivity index (χ1n) is 5.26. The molecule has 0 saturated carbocycles. The lowest BCUT2D eigenvalue weighted by molar-refractivity contribution is -0.141. The third-order valence-electron chi connectivity index (χ3n) is 2.50. The molecule has 1 rings (SSSR count). The van der Waals surface area contributed by atoms with Gasteiger partial charge in [-0.25, -0.2) is 0 Å². The number of nitrogens with zero attached hydrogens (tertiary/aromatic N) is 1. The van der Waals surface area contributed by atoms with E-state index in [0.29, 0.717) is 23.1 Å². The third-order valence-corrected chi connectivity index (χ3v) is 3.21. The van der Waals surface area contributed by atoms with Gasteiger partial charge in [0.2, 0.25) is 0 Å². The number of benzene rings is 1. The van der Waals surface area contributed by atoms with Gasteiger partial charge in [-0.05, 0) is 19.2 Å². The number of aliphatic carboxylic acids is 1. The Morgan fingerprint density at radius 3 is 2.41 bits per heavy atom. The van der Waals surface area contributed by atoms with Gasteiger partial charge < -0.3 is 10.0 Å². The molecule has 1 unspecified atom stereocenters. The molecule has 0 fully saturated rings. The van der Waals surface area contributed by atoms with Gasteiger partial charge in [0.15, 0.2) is 0 Å². The maximum absolute atomic E-state index is 10.7. The van der Waals surface area contributed by atoms with Crippen LogP contribution in [0.25, 0.3) is 0 Å². The van der Waals surface area contributed by atoms with Crippen LogP contribution in [0.5, 0.6) is 0 Å².